The van der Waals surface area contributed by atoms with Crippen LogP contribution in [0.25, 0.3) is 0 Å². The summed E-state index contributed by atoms with van der Waals surface area (Å²) in [6, 6.07) is 11.5. The Morgan fingerprint density at radius 3 is 2.53 bits per heavy atom. The lowest BCUT2D eigenvalue weighted by Gasteiger charge is -2.32. The van der Waals surface area contributed by atoms with Gasteiger partial charge in [-0.15, -0.1) is 0 Å². The maximum atomic E-state index is 12.9. The van der Waals surface area contributed by atoms with Crippen LogP contribution in [0.5, 0.6) is 0 Å². The lowest BCUT2D eigenvalue weighted by atomic mass is 9.95. The first-order chi connectivity index (χ1) is 17.3. The van der Waals surface area contributed by atoms with Crippen LogP contribution in [-0.4, -0.2) is 65.7 Å². The zero-order valence-corrected chi connectivity index (χ0v) is 21.5. The number of carbonyl (C=O) groups excluding carboxylic acids is 2. The van der Waals surface area contributed by atoms with E-state index in [4.69, 9.17) is 10.5 Å². The second kappa shape index (κ2) is 12.8. The Morgan fingerprint density at radius 2 is 1.97 bits per heavy atom. The van der Waals surface area contributed by atoms with E-state index in [2.05, 4.69) is 15.3 Å². The van der Waals surface area contributed by atoms with Gasteiger partial charge in [0.05, 0.1) is 29.4 Å². The van der Waals surface area contributed by atoms with Crippen molar-refractivity contribution in [2.24, 2.45) is 16.6 Å². The molecule has 0 radical (unpaired) electrons. The van der Waals surface area contributed by atoms with Crippen LogP contribution in [0.2, 0.25) is 0 Å². The van der Waals surface area contributed by atoms with Crippen LogP contribution in [0.3, 0.4) is 0 Å². The van der Waals surface area contributed by atoms with Gasteiger partial charge in [0.15, 0.2) is 0 Å². The maximum absolute atomic E-state index is 12.9. The fraction of sp³-hybridized carbons (Fsp3) is 0.407. The number of ether oxygens (including phenoxy) is 1. The highest BCUT2D eigenvalue weighted by Crippen LogP contribution is 2.22. The number of aromatic nitrogens is 1. The highest BCUT2D eigenvalue weighted by Gasteiger charge is 2.28. The average molecular weight is 493 g/mol. The number of hydrogen-bond acceptors (Lipinski definition) is 7. The lowest BCUT2D eigenvalue weighted by Crippen LogP contribution is -2.42. The van der Waals surface area contributed by atoms with Crippen molar-refractivity contribution in [1.29, 1.82) is 0 Å². The van der Waals surface area contributed by atoms with Crippen LogP contribution < -0.4 is 11.1 Å². The standard InChI is InChI=1S/C27H36N6O3/c1-19(36-4)26(31-24-6-5-13-29-17-24)25(16-28)30-23-9-7-21(8-10-23)18-32(3)27(35)22-11-14-33(15-12-22)20(2)34/h5-10,13,16-17,19,22,30H,11-12,14-15,18,28H2,1-4H3/b25-16+,31-26?/t19-/m0/s1. The van der Waals surface area contributed by atoms with Gasteiger partial charge in [-0.25, -0.2) is 4.99 Å². The Kier molecular flexibility index (Phi) is 9.58. The summed E-state index contributed by atoms with van der Waals surface area (Å²) in [7, 11) is 3.45. The molecule has 2 heterocycles. The van der Waals surface area contributed by atoms with E-state index in [9.17, 15) is 9.59 Å². The van der Waals surface area contributed by atoms with Gasteiger partial charge >= 0.3 is 0 Å². The molecule has 1 aromatic carbocycles. The molecular formula is C27H36N6O3. The molecule has 2 amide bonds. The summed E-state index contributed by atoms with van der Waals surface area (Å²) >= 11 is 0. The quantitative estimate of drug-likeness (QED) is 0.519. The molecule has 0 unspecified atom stereocenters. The molecule has 0 saturated carbocycles. The third-order valence-electron chi connectivity index (χ3n) is 6.40. The number of anilines is 1. The third-order valence-corrected chi connectivity index (χ3v) is 6.40. The number of piperidine rings is 1. The molecule has 9 heteroatoms. The zero-order valence-electron chi connectivity index (χ0n) is 21.5. The van der Waals surface area contributed by atoms with Crippen molar-refractivity contribution in [3.8, 4) is 0 Å². The molecule has 1 aromatic heterocycles. The fourth-order valence-electron chi connectivity index (χ4n) is 4.19. The summed E-state index contributed by atoms with van der Waals surface area (Å²) in [4.78, 5) is 36.8. The van der Waals surface area contributed by atoms with Crippen molar-refractivity contribution < 1.29 is 14.3 Å². The fourth-order valence-corrected chi connectivity index (χ4v) is 4.19. The molecule has 2 aromatic rings. The van der Waals surface area contributed by atoms with Gasteiger partial charge in [-0.05, 0) is 49.6 Å². The summed E-state index contributed by atoms with van der Waals surface area (Å²) < 4.78 is 5.51. The summed E-state index contributed by atoms with van der Waals surface area (Å²) in [5, 5.41) is 3.32. The number of nitrogens with two attached hydrogens (primary N) is 1. The number of nitrogens with one attached hydrogen (secondary N) is 1. The van der Waals surface area contributed by atoms with Crippen molar-refractivity contribution in [1.82, 2.24) is 14.8 Å². The first-order valence-corrected chi connectivity index (χ1v) is 12.1. The molecule has 1 aliphatic rings. The van der Waals surface area contributed by atoms with Gasteiger partial charge in [0.2, 0.25) is 11.8 Å². The number of pyridine rings is 1. The number of benzene rings is 1. The number of rotatable bonds is 9. The molecule has 0 bridgehead atoms. The number of carbonyl (C=O) groups is 2. The molecular weight excluding hydrogens is 456 g/mol. The molecule has 1 fully saturated rings. The summed E-state index contributed by atoms with van der Waals surface area (Å²) in [5.74, 6) is 0.158. The molecule has 3 rings (SSSR count). The minimum Gasteiger partial charge on any atom is -0.403 e. The number of hydrogen-bond donors (Lipinski definition) is 2. The van der Waals surface area contributed by atoms with Gasteiger partial charge in [0.1, 0.15) is 0 Å². The summed E-state index contributed by atoms with van der Waals surface area (Å²) in [5.41, 5.74) is 9.79. The maximum Gasteiger partial charge on any atom is 0.225 e. The molecule has 36 heavy (non-hydrogen) atoms. The van der Waals surface area contributed by atoms with Crippen LogP contribution in [0, 0.1) is 5.92 Å². The van der Waals surface area contributed by atoms with Gasteiger partial charge < -0.3 is 25.6 Å². The van der Waals surface area contributed by atoms with Gasteiger partial charge in [-0.1, -0.05) is 12.1 Å². The second-order valence-corrected chi connectivity index (χ2v) is 8.96. The van der Waals surface area contributed by atoms with Gasteiger partial charge in [0, 0.05) is 64.7 Å². The van der Waals surface area contributed by atoms with Gasteiger partial charge in [-0.3, -0.25) is 14.6 Å². The van der Waals surface area contributed by atoms with Crippen LogP contribution >= 0.6 is 0 Å². The van der Waals surface area contributed by atoms with Crippen LogP contribution in [0.1, 0.15) is 32.3 Å². The molecule has 9 nitrogen and oxygen atoms in total. The Labute approximate surface area is 213 Å². The van der Waals surface area contributed by atoms with E-state index in [1.54, 1.807) is 36.2 Å². The molecule has 0 spiro atoms. The SMILES string of the molecule is CO[C@@H](C)C(=Nc1cccnc1)/C(=C\N)Nc1ccc(CN(C)C(=O)C2CCN(C(C)=O)CC2)cc1. The molecule has 1 saturated heterocycles. The third kappa shape index (κ3) is 7.14. The van der Waals surface area contributed by atoms with E-state index in [0.29, 0.717) is 49.6 Å². The molecule has 192 valence electrons. The Morgan fingerprint density at radius 1 is 1.28 bits per heavy atom. The summed E-state index contributed by atoms with van der Waals surface area (Å²) in [6.45, 7) is 5.28. The lowest BCUT2D eigenvalue weighted by molar-refractivity contribution is -0.139. The van der Waals surface area contributed by atoms with E-state index >= 15 is 0 Å². The minimum atomic E-state index is -0.297. The predicted molar refractivity (Wildman–Crippen MR) is 142 cm³/mol. The second-order valence-electron chi connectivity index (χ2n) is 8.96. The number of amides is 2. The topological polar surface area (TPSA) is 113 Å². The highest BCUT2D eigenvalue weighted by molar-refractivity contribution is 6.06. The monoisotopic (exact) mass is 492 g/mol. The number of methoxy groups -OCH3 is 1. The molecule has 1 aliphatic heterocycles. The Balaban J connectivity index is 1.63. The largest absolute Gasteiger partial charge is 0.403 e. The highest BCUT2D eigenvalue weighted by atomic mass is 16.5. The minimum absolute atomic E-state index is 0.0379. The van der Waals surface area contributed by atoms with Crippen molar-refractivity contribution in [3.05, 3.63) is 66.3 Å². The molecule has 1 atom stereocenters. The first kappa shape index (κ1) is 26.9. The smallest absolute Gasteiger partial charge is 0.225 e. The normalized spacial score (nSPS) is 15.9. The number of aliphatic imine (C=N–C) groups is 1. The number of likely N-dealkylation sites (tertiary alicyclic amines) is 1. The van der Waals surface area contributed by atoms with E-state index in [1.807, 2.05) is 50.4 Å². The van der Waals surface area contributed by atoms with Crippen molar-refractivity contribution in [3.63, 3.8) is 0 Å². The molecule has 0 aliphatic carbocycles. The predicted octanol–water partition coefficient (Wildman–Crippen LogP) is 3.32. The number of nitrogens with zero attached hydrogens (tertiary/aromatic N) is 4. The van der Waals surface area contributed by atoms with E-state index in [0.717, 1.165) is 11.3 Å². The van der Waals surface area contributed by atoms with Gasteiger partial charge in [0.25, 0.3) is 0 Å². The Bertz CT molecular complexity index is 1080. The van der Waals surface area contributed by atoms with Crippen LogP contribution in [-0.2, 0) is 20.9 Å². The average Bonchev–Trinajstić information content (AvgIpc) is 2.91. The van der Waals surface area contributed by atoms with Crippen LogP contribution in [0.15, 0.2) is 65.7 Å². The van der Waals surface area contributed by atoms with E-state index in [1.165, 1.54) is 6.20 Å². The molecule has 3 N–H and O–H groups in total. The van der Waals surface area contributed by atoms with Crippen molar-refractivity contribution in [2.75, 3.05) is 32.6 Å². The van der Waals surface area contributed by atoms with Crippen molar-refractivity contribution >= 4 is 28.9 Å². The first-order valence-electron chi connectivity index (χ1n) is 12.1. The van der Waals surface area contributed by atoms with Crippen LogP contribution in [0.4, 0.5) is 11.4 Å². The van der Waals surface area contributed by atoms with Crippen molar-refractivity contribution in [2.45, 2.75) is 39.3 Å². The Hall–Kier alpha value is -3.72. The van der Waals surface area contributed by atoms with E-state index in [-0.39, 0.29) is 23.8 Å². The zero-order chi connectivity index (χ0) is 26.1. The summed E-state index contributed by atoms with van der Waals surface area (Å²) in [6.07, 6.45) is 5.97. The van der Waals surface area contributed by atoms with Gasteiger partial charge in [-0.2, -0.15) is 0 Å². The van der Waals surface area contributed by atoms with E-state index < -0.39 is 0 Å².